The van der Waals surface area contributed by atoms with Gasteiger partial charge in [0.05, 0.1) is 17.1 Å². The minimum Gasteiger partial charge on any atom is -0.503 e. The van der Waals surface area contributed by atoms with Gasteiger partial charge in [0, 0.05) is 0 Å². The molecule has 2 rings (SSSR count). The van der Waals surface area contributed by atoms with Gasteiger partial charge in [-0.2, -0.15) is 0 Å². The zero-order valence-electron chi connectivity index (χ0n) is 13.0. The molecule has 0 saturated carbocycles. The van der Waals surface area contributed by atoms with Crippen molar-refractivity contribution in [2.24, 2.45) is 5.73 Å². The van der Waals surface area contributed by atoms with Gasteiger partial charge >= 0.3 is 6.36 Å². The van der Waals surface area contributed by atoms with Gasteiger partial charge in [-0.25, -0.2) is 0 Å². The summed E-state index contributed by atoms with van der Waals surface area (Å²) < 4.78 is 46.1. The number of rotatable bonds is 5. The number of benzene rings is 2. The van der Waals surface area contributed by atoms with Gasteiger partial charge < -0.3 is 20.3 Å². The minimum atomic E-state index is -4.74. The second-order valence-corrected chi connectivity index (χ2v) is 5.73. The highest BCUT2D eigenvalue weighted by atomic mass is 79.9. The average Bonchev–Trinajstić information content (AvgIpc) is 2.50. The Bertz CT molecular complexity index is 711. The second kappa shape index (κ2) is 8.64. The van der Waals surface area contributed by atoms with E-state index in [4.69, 9.17) is 10.5 Å². The normalized spacial score (nSPS) is 12.2. The van der Waals surface area contributed by atoms with Gasteiger partial charge in [-0.15, -0.1) is 25.6 Å². The summed E-state index contributed by atoms with van der Waals surface area (Å²) >= 11 is 3.22. The smallest absolute Gasteiger partial charge is 0.503 e. The molecule has 0 saturated heterocycles. The largest absolute Gasteiger partial charge is 0.573 e. The molecule has 0 radical (unpaired) electrons. The average molecular weight is 443 g/mol. The topological polar surface area (TPSA) is 64.7 Å². The van der Waals surface area contributed by atoms with Gasteiger partial charge in [-0.05, 0) is 58.2 Å². The van der Waals surface area contributed by atoms with Crippen molar-refractivity contribution >= 4 is 28.3 Å². The lowest BCUT2D eigenvalue weighted by molar-refractivity contribution is -0.274. The molecule has 0 bridgehead atoms. The van der Waals surface area contributed by atoms with Crippen LogP contribution in [0.25, 0.3) is 0 Å². The first kappa shape index (κ1) is 21.4. The predicted molar refractivity (Wildman–Crippen MR) is 93.4 cm³/mol. The molecule has 0 fully saturated rings. The fourth-order valence-corrected chi connectivity index (χ4v) is 2.57. The molecular weight excluding hydrogens is 427 g/mol. The number of hydrogen-bond donors (Lipinski definition) is 2. The molecule has 0 spiro atoms. The standard InChI is InChI=1S/C16H15BrF3NO3.ClH/c1-2-23-13-8-10(7-12(17)15(13)22)14(21)9-3-5-11(6-4-9)24-16(18,19)20;/h3-8,14,22H,2,21H2,1H3;1H/t14-;/m0./s1. The maximum Gasteiger partial charge on any atom is 0.573 e. The molecule has 0 aromatic heterocycles. The highest BCUT2D eigenvalue weighted by molar-refractivity contribution is 9.10. The Morgan fingerprint density at radius 2 is 1.76 bits per heavy atom. The number of nitrogens with two attached hydrogens (primary N) is 1. The van der Waals surface area contributed by atoms with E-state index in [1.807, 2.05) is 0 Å². The number of phenols is 1. The summed E-state index contributed by atoms with van der Waals surface area (Å²) in [6.07, 6.45) is -4.74. The Balaban J connectivity index is 0.00000312. The van der Waals surface area contributed by atoms with Crippen molar-refractivity contribution in [1.29, 1.82) is 0 Å². The first-order chi connectivity index (χ1) is 11.2. The third kappa shape index (κ3) is 5.69. The lowest BCUT2D eigenvalue weighted by atomic mass is 9.99. The van der Waals surface area contributed by atoms with E-state index in [2.05, 4.69) is 20.7 Å². The number of aromatic hydroxyl groups is 1. The van der Waals surface area contributed by atoms with Crippen LogP contribution in [0.5, 0.6) is 17.2 Å². The predicted octanol–water partition coefficient (Wildman–Crippen LogP) is 4.92. The molecular formula is C16H16BrClF3NO3. The number of hydrogen-bond acceptors (Lipinski definition) is 4. The fraction of sp³-hybridized carbons (Fsp3) is 0.250. The van der Waals surface area contributed by atoms with Crippen molar-refractivity contribution < 1.29 is 27.8 Å². The Labute approximate surface area is 157 Å². The molecule has 0 aliphatic carbocycles. The Morgan fingerprint density at radius 3 is 2.28 bits per heavy atom. The van der Waals surface area contributed by atoms with Gasteiger partial charge in [0.15, 0.2) is 11.5 Å². The Hall–Kier alpha value is -1.64. The Kier molecular flexibility index (Phi) is 7.40. The van der Waals surface area contributed by atoms with Crippen LogP contribution in [-0.2, 0) is 0 Å². The first-order valence-corrected chi connectivity index (χ1v) is 7.77. The van der Waals surface area contributed by atoms with E-state index in [1.165, 1.54) is 24.3 Å². The maximum atomic E-state index is 12.2. The van der Waals surface area contributed by atoms with Gasteiger partial charge in [0.2, 0.25) is 0 Å². The fourth-order valence-electron chi connectivity index (χ4n) is 2.11. The highest BCUT2D eigenvalue weighted by Crippen LogP contribution is 2.38. The summed E-state index contributed by atoms with van der Waals surface area (Å²) in [5.41, 5.74) is 7.38. The van der Waals surface area contributed by atoms with Crippen molar-refractivity contribution in [1.82, 2.24) is 0 Å². The van der Waals surface area contributed by atoms with Crippen molar-refractivity contribution in [3.8, 4) is 17.2 Å². The quantitative estimate of drug-likeness (QED) is 0.690. The SMILES string of the molecule is CCOc1cc([C@@H](N)c2ccc(OC(F)(F)F)cc2)cc(Br)c1O.Cl. The van der Waals surface area contributed by atoms with E-state index >= 15 is 0 Å². The molecule has 0 aliphatic heterocycles. The molecule has 9 heteroatoms. The molecule has 1 atom stereocenters. The van der Waals surface area contributed by atoms with Crippen LogP contribution in [0.15, 0.2) is 40.9 Å². The van der Waals surface area contributed by atoms with Crippen LogP contribution >= 0.6 is 28.3 Å². The molecule has 4 nitrogen and oxygen atoms in total. The molecule has 2 aromatic rings. The number of ether oxygens (including phenoxy) is 2. The van der Waals surface area contributed by atoms with Gasteiger partial charge in [0.25, 0.3) is 0 Å². The minimum absolute atomic E-state index is 0. The molecule has 25 heavy (non-hydrogen) atoms. The second-order valence-electron chi connectivity index (χ2n) is 4.88. The van der Waals surface area contributed by atoms with Crippen molar-refractivity contribution in [3.05, 3.63) is 52.0 Å². The summed E-state index contributed by atoms with van der Waals surface area (Å²) in [6, 6.07) is 7.90. The third-order valence-electron chi connectivity index (χ3n) is 3.18. The lowest BCUT2D eigenvalue weighted by Crippen LogP contribution is -2.17. The molecule has 3 N–H and O–H groups in total. The van der Waals surface area contributed by atoms with E-state index in [0.29, 0.717) is 22.2 Å². The molecule has 0 amide bonds. The molecule has 2 aromatic carbocycles. The number of phenolic OH excluding ortho intramolecular Hbond substituents is 1. The summed E-state index contributed by atoms with van der Waals surface area (Å²) in [5, 5.41) is 9.91. The number of halogens is 5. The van der Waals surface area contributed by atoms with Crippen molar-refractivity contribution in [2.75, 3.05) is 6.61 Å². The molecule has 0 unspecified atom stereocenters. The van der Waals surface area contributed by atoms with Crippen molar-refractivity contribution in [2.45, 2.75) is 19.3 Å². The lowest BCUT2D eigenvalue weighted by Gasteiger charge is -2.17. The molecule has 138 valence electrons. The van der Waals surface area contributed by atoms with Crippen LogP contribution < -0.4 is 15.2 Å². The van der Waals surface area contributed by atoms with Crippen LogP contribution in [0.3, 0.4) is 0 Å². The molecule has 0 aliphatic rings. The summed E-state index contributed by atoms with van der Waals surface area (Å²) in [4.78, 5) is 0. The van der Waals surface area contributed by atoms with E-state index in [-0.39, 0.29) is 29.7 Å². The van der Waals surface area contributed by atoms with E-state index < -0.39 is 12.4 Å². The summed E-state index contributed by atoms with van der Waals surface area (Å²) in [6.45, 7) is 2.14. The zero-order chi connectivity index (χ0) is 17.9. The van der Waals surface area contributed by atoms with Crippen LogP contribution in [0.2, 0.25) is 0 Å². The first-order valence-electron chi connectivity index (χ1n) is 6.97. The van der Waals surface area contributed by atoms with Gasteiger partial charge in [-0.1, -0.05) is 12.1 Å². The van der Waals surface area contributed by atoms with Gasteiger partial charge in [0.1, 0.15) is 5.75 Å². The molecule has 0 heterocycles. The monoisotopic (exact) mass is 441 g/mol. The van der Waals surface area contributed by atoms with E-state index in [0.717, 1.165) is 0 Å². The maximum absolute atomic E-state index is 12.2. The highest BCUT2D eigenvalue weighted by Gasteiger charge is 2.31. The van der Waals surface area contributed by atoms with Gasteiger partial charge in [-0.3, -0.25) is 0 Å². The number of alkyl halides is 3. The van der Waals surface area contributed by atoms with Crippen molar-refractivity contribution in [3.63, 3.8) is 0 Å². The summed E-state index contributed by atoms with van der Waals surface area (Å²) in [5.74, 6) is -0.0867. The van der Waals surface area contributed by atoms with Crippen LogP contribution in [0.4, 0.5) is 13.2 Å². The Morgan fingerprint density at radius 1 is 1.16 bits per heavy atom. The third-order valence-corrected chi connectivity index (χ3v) is 3.79. The summed E-state index contributed by atoms with van der Waals surface area (Å²) in [7, 11) is 0. The zero-order valence-corrected chi connectivity index (χ0v) is 15.4. The van der Waals surface area contributed by atoms with E-state index in [9.17, 15) is 18.3 Å². The van der Waals surface area contributed by atoms with Crippen LogP contribution in [-0.4, -0.2) is 18.1 Å². The van der Waals surface area contributed by atoms with E-state index in [1.54, 1.807) is 19.1 Å². The van der Waals surface area contributed by atoms with Crippen LogP contribution in [0, 0.1) is 0 Å². The van der Waals surface area contributed by atoms with Crippen LogP contribution in [0.1, 0.15) is 24.1 Å².